The Bertz CT molecular complexity index is 1700. The number of hydrogen-bond acceptors (Lipinski definition) is 8. The maximum atomic E-state index is 12.5. The third kappa shape index (κ3) is 5.15. The molecule has 1 unspecified atom stereocenters. The molecule has 2 amide bonds. The first-order valence-electron chi connectivity index (χ1n) is 13.2. The van der Waals surface area contributed by atoms with Crippen LogP contribution >= 0.6 is 0 Å². The Morgan fingerprint density at radius 2 is 1.93 bits per heavy atom. The lowest BCUT2D eigenvalue weighted by atomic mass is 10.1. The van der Waals surface area contributed by atoms with Crippen molar-refractivity contribution in [2.45, 2.75) is 32.2 Å². The molecule has 0 bridgehead atoms. The van der Waals surface area contributed by atoms with E-state index in [2.05, 4.69) is 25.6 Å². The molecule has 0 saturated heterocycles. The molecule has 1 fully saturated rings. The van der Waals surface area contributed by atoms with Crippen LogP contribution in [-0.2, 0) is 20.9 Å². The molecule has 5 heterocycles. The summed E-state index contributed by atoms with van der Waals surface area (Å²) in [4.78, 5) is 30.7. The highest BCUT2D eigenvalue weighted by atomic mass is 16.5. The molecule has 1 saturated carbocycles. The summed E-state index contributed by atoms with van der Waals surface area (Å²) in [5, 5.41) is 20.8. The van der Waals surface area contributed by atoms with Gasteiger partial charge in [0.15, 0.2) is 17.1 Å². The van der Waals surface area contributed by atoms with Crippen molar-refractivity contribution in [1.29, 1.82) is 0 Å². The van der Waals surface area contributed by atoms with E-state index in [-0.39, 0.29) is 30.2 Å². The third-order valence-electron chi connectivity index (χ3n) is 7.12. The van der Waals surface area contributed by atoms with Gasteiger partial charge in [0.1, 0.15) is 12.4 Å². The monoisotopic (exact) mass is 542 g/mol. The molecule has 13 nitrogen and oxygen atoms in total. The fourth-order valence-corrected chi connectivity index (χ4v) is 4.48. The van der Waals surface area contributed by atoms with Gasteiger partial charge in [-0.2, -0.15) is 10.2 Å². The molecule has 40 heavy (non-hydrogen) atoms. The van der Waals surface area contributed by atoms with Crippen LogP contribution in [-0.4, -0.2) is 83.0 Å². The van der Waals surface area contributed by atoms with Gasteiger partial charge in [-0.15, -0.1) is 10.2 Å². The molecule has 0 aliphatic heterocycles. The number of aromatic nitrogens is 8. The van der Waals surface area contributed by atoms with Gasteiger partial charge in [0, 0.05) is 50.1 Å². The number of anilines is 1. The Morgan fingerprint density at radius 3 is 2.73 bits per heavy atom. The molecule has 206 valence electrons. The lowest BCUT2D eigenvalue weighted by Gasteiger charge is -2.16. The largest absolute Gasteiger partial charge is 0.383 e. The highest BCUT2D eigenvalue weighted by molar-refractivity contribution is 5.93. The molecular weight excluding hydrogens is 512 g/mol. The van der Waals surface area contributed by atoms with Gasteiger partial charge >= 0.3 is 0 Å². The Kier molecular flexibility index (Phi) is 6.72. The zero-order chi connectivity index (χ0) is 27.8. The lowest BCUT2D eigenvalue weighted by molar-refractivity contribution is -0.131. The average molecular weight is 543 g/mol. The zero-order valence-electron chi connectivity index (χ0n) is 22.6. The average Bonchev–Trinajstić information content (AvgIpc) is 3.36. The van der Waals surface area contributed by atoms with Crippen molar-refractivity contribution in [3.05, 3.63) is 60.6 Å². The highest BCUT2D eigenvalue weighted by Gasteiger charge is 2.30. The van der Waals surface area contributed by atoms with E-state index in [9.17, 15) is 9.59 Å². The van der Waals surface area contributed by atoms with Crippen molar-refractivity contribution in [1.82, 2.24) is 43.9 Å². The third-order valence-corrected chi connectivity index (χ3v) is 7.12. The summed E-state index contributed by atoms with van der Waals surface area (Å²) in [5.74, 6) is 1.11. The van der Waals surface area contributed by atoms with E-state index < -0.39 is 0 Å². The van der Waals surface area contributed by atoms with Crippen molar-refractivity contribution < 1.29 is 14.3 Å². The Morgan fingerprint density at radius 1 is 1.10 bits per heavy atom. The normalized spacial score (nSPS) is 14.1. The molecule has 13 heteroatoms. The molecule has 1 N–H and O–H groups in total. The summed E-state index contributed by atoms with van der Waals surface area (Å²) < 4.78 is 10.3. The Labute approximate surface area is 229 Å². The molecule has 5 aromatic rings. The molecule has 5 aromatic heterocycles. The van der Waals surface area contributed by atoms with Crippen LogP contribution in [0.3, 0.4) is 0 Å². The number of nitrogens with one attached hydrogen (secondary N) is 1. The number of nitrogens with zero attached hydrogens (tertiary/aromatic N) is 9. The van der Waals surface area contributed by atoms with Gasteiger partial charge < -0.3 is 15.0 Å². The van der Waals surface area contributed by atoms with Gasteiger partial charge in [-0.05, 0) is 44.0 Å². The smallest absolute Gasteiger partial charge is 0.244 e. The number of carbonyl (C=O) groups excluding carboxylic acids is 2. The minimum Gasteiger partial charge on any atom is -0.383 e. The lowest BCUT2D eigenvalue weighted by Crippen LogP contribution is -2.32. The van der Waals surface area contributed by atoms with Gasteiger partial charge in [-0.3, -0.25) is 18.7 Å². The zero-order valence-corrected chi connectivity index (χ0v) is 22.6. The van der Waals surface area contributed by atoms with Gasteiger partial charge in [-0.1, -0.05) is 0 Å². The standard InChI is InChI=1S/C27H30N10O3/c1-17(21-7-9-23-29-22(15-37(23)33-21)30-27(39)18-4-5-18)26-32-31-24-8-6-19(14-36(24)26)20-12-28-35(13-20)16-25(38)34(2)10-11-40-3/h6-9,12-15,17-18H,4-5,10-11,16H2,1-3H3,(H,30,39). The van der Waals surface area contributed by atoms with Crippen molar-refractivity contribution in [2.24, 2.45) is 5.92 Å². The van der Waals surface area contributed by atoms with Crippen LogP contribution in [0.5, 0.6) is 0 Å². The van der Waals surface area contributed by atoms with Gasteiger partial charge in [0.2, 0.25) is 11.8 Å². The number of pyridine rings is 1. The molecular formula is C27H30N10O3. The van der Waals surface area contributed by atoms with E-state index in [0.717, 1.165) is 35.5 Å². The van der Waals surface area contributed by atoms with Gasteiger partial charge in [-0.25, -0.2) is 9.50 Å². The topological polar surface area (TPSA) is 137 Å². The van der Waals surface area contributed by atoms with Crippen LogP contribution in [0.2, 0.25) is 0 Å². The quantitative estimate of drug-likeness (QED) is 0.284. The van der Waals surface area contributed by atoms with Crippen LogP contribution < -0.4 is 5.32 Å². The van der Waals surface area contributed by atoms with E-state index in [1.807, 2.05) is 48.0 Å². The molecule has 0 spiro atoms. The summed E-state index contributed by atoms with van der Waals surface area (Å²) >= 11 is 0. The van der Waals surface area contributed by atoms with E-state index >= 15 is 0 Å². The number of rotatable bonds is 10. The second-order valence-electron chi connectivity index (χ2n) is 10.1. The second-order valence-corrected chi connectivity index (χ2v) is 10.1. The van der Waals surface area contributed by atoms with Crippen LogP contribution in [0.25, 0.3) is 22.4 Å². The van der Waals surface area contributed by atoms with Gasteiger partial charge in [0.05, 0.1) is 30.6 Å². The molecule has 6 rings (SSSR count). The van der Waals surface area contributed by atoms with E-state index in [1.54, 1.807) is 40.6 Å². The maximum Gasteiger partial charge on any atom is 0.244 e. The predicted octanol–water partition coefficient (Wildman–Crippen LogP) is 2.24. The summed E-state index contributed by atoms with van der Waals surface area (Å²) in [6.45, 7) is 3.17. The predicted molar refractivity (Wildman–Crippen MR) is 146 cm³/mol. The molecule has 0 aromatic carbocycles. The molecule has 0 radical (unpaired) electrons. The van der Waals surface area contributed by atoms with Crippen molar-refractivity contribution in [3.8, 4) is 11.1 Å². The van der Waals surface area contributed by atoms with E-state index in [0.29, 0.717) is 30.3 Å². The Balaban J connectivity index is 1.22. The number of ether oxygens (including phenoxy) is 1. The summed E-state index contributed by atoms with van der Waals surface area (Å²) in [5.41, 5.74) is 3.94. The number of imidazole rings is 1. The van der Waals surface area contributed by atoms with Crippen LogP contribution in [0.4, 0.5) is 5.82 Å². The van der Waals surface area contributed by atoms with Crippen LogP contribution in [0, 0.1) is 5.92 Å². The first kappa shape index (κ1) is 25.6. The van der Waals surface area contributed by atoms with Crippen molar-refractivity contribution >= 4 is 28.9 Å². The first-order chi connectivity index (χ1) is 19.4. The maximum absolute atomic E-state index is 12.5. The Hall–Kier alpha value is -4.65. The summed E-state index contributed by atoms with van der Waals surface area (Å²) in [7, 11) is 3.36. The number of hydrogen-bond donors (Lipinski definition) is 1. The minimum absolute atomic E-state index is 0.00860. The van der Waals surface area contributed by atoms with E-state index in [1.165, 1.54) is 0 Å². The highest BCUT2D eigenvalue weighted by Crippen LogP contribution is 2.30. The number of methoxy groups -OCH3 is 1. The molecule has 1 aliphatic carbocycles. The van der Waals surface area contributed by atoms with Crippen LogP contribution in [0.15, 0.2) is 49.1 Å². The summed E-state index contributed by atoms with van der Waals surface area (Å²) in [6, 6.07) is 7.65. The number of amides is 2. The molecule has 1 aliphatic rings. The first-order valence-corrected chi connectivity index (χ1v) is 13.2. The van der Waals surface area contributed by atoms with Crippen molar-refractivity contribution in [3.63, 3.8) is 0 Å². The molecule has 1 atom stereocenters. The fraction of sp³-hybridized carbons (Fsp3) is 0.370. The SMILES string of the molecule is COCCN(C)C(=O)Cn1cc(-c2ccc3nnc(C(C)c4ccc5nc(NC(=O)C6CC6)cn5n4)n3c2)cn1. The summed E-state index contributed by atoms with van der Waals surface area (Å²) in [6.07, 6.45) is 9.15. The number of likely N-dealkylation sites (N-methyl/N-ethyl adjacent to an activating group) is 1. The number of fused-ring (bicyclic) bond motifs is 2. The fourth-order valence-electron chi connectivity index (χ4n) is 4.48. The second kappa shape index (κ2) is 10.5. The van der Waals surface area contributed by atoms with E-state index in [4.69, 9.17) is 9.84 Å². The van der Waals surface area contributed by atoms with Gasteiger partial charge in [0.25, 0.3) is 0 Å². The van der Waals surface area contributed by atoms with Crippen LogP contribution in [0.1, 0.15) is 37.2 Å². The number of carbonyl (C=O) groups is 2. The minimum atomic E-state index is -0.176. The van der Waals surface area contributed by atoms with Crippen molar-refractivity contribution in [2.75, 3.05) is 32.6 Å².